The van der Waals surface area contributed by atoms with E-state index in [1.165, 1.54) is 0 Å². The Morgan fingerprint density at radius 1 is 1.07 bits per heavy atom. The molecule has 1 aliphatic heterocycles. The van der Waals surface area contributed by atoms with Gasteiger partial charge in [-0.1, -0.05) is 35.9 Å². The molecule has 5 nitrogen and oxygen atoms in total. The number of fused-ring (bicyclic) bond motifs is 1. The van der Waals surface area contributed by atoms with Crippen molar-refractivity contribution in [3.8, 4) is 0 Å². The van der Waals surface area contributed by atoms with Crippen LogP contribution in [0.2, 0.25) is 5.02 Å². The second-order valence-electron chi connectivity index (χ2n) is 6.72. The fourth-order valence-electron chi connectivity index (χ4n) is 3.37. The molecule has 0 atom stereocenters. The fourth-order valence-corrected chi connectivity index (χ4v) is 3.55. The lowest BCUT2D eigenvalue weighted by molar-refractivity contribution is 0.208. The number of para-hydroxylation sites is 1. The summed E-state index contributed by atoms with van der Waals surface area (Å²) < 4.78 is 0. The Morgan fingerprint density at radius 3 is 2.63 bits per heavy atom. The maximum Gasteiger partial charge on any atom is 0.321 e. The highest BCUT2D eigenvalue weighted by Crippen LogP contribution is 2.26. The number of aromatic nitrogens is 1. The van der Waals surface area contributed by atoms with Crippen molar-refractivity contribution >= 4 is 39.9 Å². The van der Waals surface area contributed by atoms with E-state index in [4.69, 9.17) is 11.6 Å². The maximum absolute atomic E-state index is 12.6. The molecule has 2 amide bonds. The lowest BCUT2D eigenvalue weighted by atomic mass is 10.1. The van der Waals surface area contributed by atoms with Crippen molar-refractivity contribution in [2.45, 2.75) is 6.92 Å². The van der Waals surface area contributed by atoms with E-state index in [1.54, 1.807) is 6.07 Å². The van der Waals surface area contributed by atoms with Crippen LogP contribution in [0.25, 0.3) is 10.9 Å². The summed E-state index contributed by atoms with van der Waals surface area (Å²) in [6.07, 6.45) is 1.82. The van der Waals surface area contributed by atoms with Crippen molar-refractivity contribution in [1.29, 1.82) is 0 Å². The van der Waals surface area contributed by atoms with Gasteiger partial charge in [0.1, 0.15) is 0 Å². The van der Waals surface area contributed by atoms with Crippen LogP contribution >= 0.6 is 11.6 Å². The van der Waals surface area contributed by atoms with Gasteiger partial charge in [0, 0.05) is 48.5 Å². The Bertz CT molecular complexity index is 978. The van der Waals surface area contributed by atoms with E-state index in [0.29, 0.717) is 18.1 Å². The SMILES string of the molecule is Cc1ccc(NC(=O)N2CCN(c3cccc4cccnc34)CC2)cc1Cl. The number of amides is 2. The number of halogens is 1. The smallest absolute Gasteiger partial charge is 0.321 e. The number of hydrogen-bond donors (Lipinski definition) is 1. The number of aryl methyl sites for hydroxylation is 1. The lowest BCUT2D eigenvalue weighted by Gasteiger charge is -2.36. The largest absolute Gasteiger partial charge is 0.366 e. The third kappa shape index (κ3) is 3.69. The molecule has 2 heterocycles. The molecule has 138 valence electrons. The highest BCUT2D eigenvalue weighted by atomic mass is 35.5. The van der Waals surface area contributed by atoms with Gasteiger partial charge < -0.3 is 15.1 Å². The molecule has 0 bridgehead atoms. The number of pyridine rings is 1. The number of urea groups is 1. The van der Waals surface area contributed by atoms with Gasteiger partial charge >= 0.3 is 6.03 Å². The van der Waals surface area contributed by atoms with Crippen LogP contribution in [0.15, 0.2) is 54.7 Å². The normalized spacial score (nSPS) is 14.4. The Kier molecular flexibility index (Phi) is 4.86. The molecule has 1 fully saturated rings. The number of piperazine rings is 1. The molecule has 1 aliphatic rings. The van der Waals surface area contributed by atoms with Crippen molar-refractivity contribution in [3.05, 3.63) is 65.3 Å². The zero-order chi connectivity index (χ0) is 18.8. The molecule has 1 saturated heterocycles. The van der Waals surface area contributed by atoms with E-state index in [9.17, 15) is 4.79 Å². The first kappa shape index (κ1) is 17.6. The van der Waals surface area contributed by atoms with Crippen LogP contribution in [0.5, 0.6) is 0 Å². The van der Waals surface area contributed by atoms with Gasteiger partial charge in [-0.05, 0) is 36.8 Å². The summed E-state index contributed by atoms with van der Waals surface area (Å²) in [6.45, 7) is 4.81. The molecular formula is C21H21ClN4O. The minimum atomic E-state index is -0.0920. The highest BCUT2D eigenvalue weighted by Gasteiger charge is 2.22. The lowest BCUT2D eigenvalue weighted by Crippen LogP contribution is -2.50. The summed E-state index contributed by atoms with van der Waals surface area (Å²) in [5.41, 5.74) is 3.84. The number of anilines is 2. The zero-order valence-corrected chi connectivity index (χ0v) is 15.9. The molecule has 3 aromatic rings. The van der Waals surface area contributed by atoms with E-state index >= 15 is 0 Å². The van der Waals surface area contributed by atoms with Crippen LogP contribution in [-0.4, -0.2) is 42.1 Å². The predicted octanol–water partition coefficient (Wildman–Crippen LogP) is 4.55. The summed E-state index contributed by atoms with van der Waals surface area (Å²) in [6, 6.07) is 15.7. The molecule has 0 aliphatic carbocycles. The van der Waals surface area contributed by atoms with Gasteiger partial charge in [0.2, 0.25) is 0 Å². The number of carbonyl (C=O) groups is 1. The maximum atomic E-state index is 12.6. The molecule has 0 spiro atoms. The van der Waals surface area contributed by atoms with Gasteiger partial charge in [-0.15, -0.1) is 0 Å². The number of nitrogens with zero attached hydrogens (tertiary/aromatic N) is 3. The van der Waals surface area contributed by atoms with Gasteiger partial charge in [-0.25, -0.2) is 4.79 Å². The standard InChI is InChI=1S/C21H21ClN4O/c1-15-7-8-17(14-18(15)22)24-21(27)26-12-10-25(11-13-26)19-6-2-4-16-5-3-9-23-20(16)19/h2-9,14H,10-13H2,1H3,(H,24,27). The molecule has 0 unspecified atom stereocenters. The topological polar surface area (TPSA) is 48.5 Å². The second kappa shape index (κ2) is 7.45. The second-order valence-corrected chi connectivity index (χ2v) is 7.13. The Balaban J connectivity index is 1.42. The summed E-state index contributed by atoms with van der Waals surface area (Å²) in [7, 11) is 0. The average Bonchev–Trinajstić information content (AvgIpc) is 2.70. The van der Waals surface area contributed by atoms with E-state index in [-0.39, 0.29) is 6.03 Å². The number of benzene rings is 2. The van der Waals surface area contributed by atoms with Crippen molar-refractivity contribution in [1.82, 2.24) is 9.88 Å². The van der Waals surface area contributed by atoms with E-state index in [0.717, 1.165) is 40.9 Å². The van der Waals surface area contributed by atoms with E-state index < -0.39 is 0 Å². The van der Waals surface area contributed by atoms with Gasteiger partial charge in [-0.2, -0.15) is 0 Å². The summed E-state index contributed by atoms with van der Waals surface area (Å²) in [5, 5.41) is 4.72. The predicted molar refractivity (Wildman–Crippen MR) is 111 cm³/mol. The number of nitrogens with one attached hydrogen (secondary N) is 1. The summed E-state index contributed by atoms with van der Waals surface area (Å²) in [5.74, 6) is 0. The zero-order valence-electron chi connectivity index (χ0n) is 15.2. The third-order valence-electron chi connectivity index (χ3n) is 4.94. The highest BCUT2D eigenvalue weighted by molar-refractivity contribution is 6.31. The van der Waals surface area contributed by atoms with Crippen LogP contribution in [0.1, 0.15) is 5.56 Å². The molecule has 1 aromatic heterocycles. The molecule has 6 heteroatoms. The average molecular weight is 381 g/mol. The molecule has 2 aromatic carbocycles. The summed E-state index contributed by atoms with van der Waals surface area (Å²) >= 11 is 6.14. The van der Waals surface area contributed by atoms with Crippen molar-refractivity contribution in [2.75, 3.05) is 36.4 Å². The summed E-state index contributed by atoms with van der Waals surface area (Å²) in [4.78, 5) is 21.2. The molecule has 4 rings (SSSR count). The number of rotatable bonds is 2. The van der Waals surface area contributed by atoms with Crippen molar-refractivity contribution in [2.24, 2.45) is 0 Å². The quantitative estimate of drug-likeness (QED) is 0.709. The first-order chi connectivity index (χ1) is 13.1. The van der Waals surface area contributed by atoms with E-state index in [2.05, 4.69) is 39.5 Å². The van der Waals surface area contributed by atoms with Gasteiger partial charge in [0.25, 0.3) is 0 Å². The third-order valence-corrected chi connectivity index (χ3v) is 5.35. The molecule has 1 N–H and O–H groups in total. The molecular weight excluding hydrogens is 360 g/mol. The van der Waals surface area contributed by atoms with Crippen molar-refractivity contribution < 1.29 is 4.79 Å². The molecule has 0 radical (unpaired) electrons. The first-order valence-corrected chi connectivity index (χ1v) is 9.40. The minimum Gasteiger partial charge on any atom is -0.366 e. The Morgan fingerprint density at radius 2 is 1.85 bits per heavy atom. The van der Waals surface area contributed by atoms with Crippen LogP contribution in [-0.2, 0) is 0 Å². The Hall–Kier alpha value is -2.79. The van der Waals surface area contributed by atoms with Crippen LogP contribution in [0, 0.1) is 6.92 Å². The Labute approximate surface area is 163 Å². The fraction of sp³-hybridized carbons (Fsp3) is 0.238. The van der Waals surface area contributed by atoms with E-state index in [1.807, 2.05) is 36.2 Å². The van der Waals surface area contributed by atoms with Crippen molar-refractivity contribution in [3.63, 3.8) is 0 Å². The monoisotopic (exact) mass is 380 g/mol. The number of hydrogen-bond acceptors (Lipinski definition) is 3. The van der Waals surface area contributed by atoms with Crippen LogP contribution < -0.4 is 10.2 Å². The van der Waals surface area contributed by atoms with Crippen LogP contribution in [0.3, 0.4) is 0 Å². The van der Waals surface area contributed by atoms with Gasteiger partial charge in [0.05, 0.1) is 11.2 Å². The molecule has 0 saturated carbocycles. The van der Waals surface area contributed by atoms with Crippen LogP contribution in [0.4, 0.5) is 16.2 Å². The van der Waals surface area contributed by atoms with Gasteiger partial charge in [-0.3, -0.25) is 4.98 Å². The number of carbonyl (C=O) groups excluding carboxylic acids is 1. The minimum absolute atomic E-state index is 0.0920. The first-order valence-electron chi connectivity index (χ1n) is 9.02. The molecule has 27 heavy (non-hydrogen) atoms. The van der Waals surface area contributed by atoms with Gasteiger partial charge in [0.15, 0.2) is 0 Å².